The predicted molar refractivity (Wildman–Crippen MR) is 85.7 cm³/mol. The highest BCUT2D eigenvalue weighted by Gasteiger charge is 2.10. The molecule has 3 aromatic rings. The SMILES string of the molecule is O=C(NCc1cccnc1)Nc1c(O)ccc2ccccc12. The van der Waals surface area contributed by atoms with Crippen molar-refractivity contribution in [3.8, 4) is 5.75 Å². The number of benzene rings is 2. The van der Waals surface area contributed by atoms with Gasteiger partial charge >= 0.3 is 6.03 Å². The van der Waals surface area contributed by atoms with E-state index >= 15 is 0 Å². The van der Waals surface area contributed by atoms with Gasteiger partial charge in [0.2, 0.25) is 0 Å². The summed E-state index contributed by atoms with van der Waals surface area (Å²) in [7, 11) is 0. The molecule has 0 atom stereocenters. The summed E-state index contributed by atoms with van der Waals surface area (Å²) in [4.78, 5) is 16.0. The Balaban J connectivity index is 1.75. The number of urea groups is 1. The summed E-state index contributed by atoms with van der Waals surface area (Å²) in [5, 5.41) is 17.2. The van der Waals surface area contributed by atoms with E-state index in [0.717, 1.165) is 16.3 Å². The molecule has 1 aromatic heterocycles. The van der Waals surface area contributed by atoms with E-state index in [0.29, 0.717) is 12.2 Å². The summed E-state index contributed by atoms with van der Waals surface area (Å²) in [5.74, 6) is 0.0372. The maximum atomic E-state index is 12.0. The molecule has 0 saturated carbocycles. The Kier molecular flexibility index (Phi) is 3.87. The van der Waals surface area contributed by atoms with Crippen LogP contribution in [0.3, 0.4) is 0 Å². The van der Waals surface area contributed by atoms with Crippen LogP contribution in [0.1, 0.15) is 5.56 Å². The van der Waals surface area contributed by atoms with Crippen LogP contribution in [-0.4, -0.2) is 16.1 Å². The van der Waals surface area contributed by atoms with Gasteiger partial charge in [-0.2, -0.15) is 0 Å². The molecular formula is C17H15N3O2. The molecule has 2 aromatic carbocycles. The van der Waals surface area contributed by atoms with Crippen LogP contribution in [0, 0.1) is 0 Å². The topological polar surface area (TPSA) is 74.2 Å². The van der Waals surface area contributed by atoms with Gasteiger partial charge in [-0.3, -0.25) is 4.98 Å². The highest BCUT2D eigenvalue weighted by atomic mass is 16.3. The molecule has 110 valence electrons. The number of rotatable bonds is 3. The number of nitrogens with zero attached hydrogens (tertiary/aromatic N) is 1. The van der Waals surface area contributed by atoms with E-state index in [-0.39, 0.29) is 11.8 Å². The third-order valence-corrected chi connectivity index (χ3v) is 3.32. The molecule has 0 saturated heterocycles. The van der Waals surface area contributed by atoms with Crippen LogP contribution in [0.5, 0.6) is 5.75 Å². The average Bonchev–Trinajstić information content (AvgIpc) is 2.56. The van der Waals surface area contributed by atoms with Crippen molar-refractivity contribution in [3.05, 3.63) is 66.5 Å². The van der Waals surface area contributed by atoms with E-state index in [1.54, 1.807) is 18.5 Å². The molecule has 1 heterocycles. The second kappa shape index (κ2) is 6.13. The fourth-order valence-corrected chi connectivity index (χ4v) is 2.23. The van der Waals surface area contributed by atoms with Crippen LogP contribution in [0.15, 0.2) is 60.9 Å². The number of phenols is 1. The maximum absolute atomic E-state index is 12.0. The van der Waals surface area contributed by atoms with Gasteiger partial charge in [-0.15, -0.1) is 0 Å². The number of pyridine rings is 1. The second-order valence-electron chi connectivity index (χ2n) is 4.85. The van der Waals surface area contributed by atoms with Gasteiger partial charge in [0.05, 0.1) is 5.69 Å². The Morgan fingerprint density at radius 1 is 1.09 bits per heavy atom. The van der Waals surface area contributed by atoms with Gasteiger partial charge in [-0.1, -0.05) is 36.4 Å². The lowest BCUT2D eigenvalue weighted by Crippen LogP contribution is -2.28. The molecule has 5 nitrogen and oxygen atoms in total. The van der Waals surface area contributed by atoms with Gasteiger partial charge in [-0.05, 0) is 23.1 Å². The van der Waals surface area contributed by atoms with Crippen LogP contribution >= 0.6 is 0 Å². The summed E-state index contributed by atoms with van der Waals surface area (Å²) >= 11 is 0. The molecule has 0 radical (unpaired) electrons. The fraction of sp³-hybridized carbons (Fsp3) is 0.0588. The number of fused-ring (bicyclic) bond motifs is 1. The highest BCUT2D eigenvalue weighted by molar-refractivity contribution is 6.04. The number of amides is 2. The minimum absolute atomic E-state index is 0.0372. The van der Waals surface area contributed by atoms with Gasteiger partial charge in [0.25, 0.3) is 0 Å². The minimum Gasteiger partial charge on any atom is -0.506 e. The number of carbonyl (C=O) groups excluding carboxylic acids is 1. The summed E-state index contributed by atoms with van der Waals surface area (Å²) in [5.41, 5.74) is 1.31. The minimum atomic E-state index is -0.379. The number of anilines is 1. The Hall–Kier alpha value is -3.08. The molecular weight excluding hydrogens is 278 g/mol. The quantitative estimate of drug-likeness (QED) is 0.649. The number of phenolic OH excluding ortho intramolecular Hbond substituents is 1. The van der Waals surface area contributed by atoms with Crippen molar-refractivity contribution in [1.29, 1.82) is 0 Å². The van der Waals surface area contributed by atoms with Crippen LogP contribution < -0.4 is 10.6 Å². The monoisotopic (exact) mass is 293 g/mol. The van der Waals surface area contributed by atoms with Crippen molar-refractivity contribution in [2.45, 2.75) is 6.54 Å². The molecule has 22 heavy (non-hydrogen) atoms. The molecule has 0 aliphatic rings. The number of aromatic hydroxyl groups is 1. The first-order chi connectivity index (χ1) is 10.7. The second-order valence-corrected chi connectivity index (χ2v) is 4.85. The first-order valence-electron chi connectivity index (χ1n) is 6.88. The third-order valence-electron chi connectivity index (χ3n) is 3.32. The normalized spacial score (nSPS) is 10.4. The average molecular weight is 293 g/mol. The van der Waals surface area contributed by atoms with Crippen LogP contribution in [0.2, 0.25) is 0 Å². The van der Waals surface area contributed by atoms with E-state index in [2.05, 4.69) is 15.6 Å². The van der Waals surface area contributed by atoms with E-state index in [9.17, 15) is 9.90 Å². The Morgan fingerprint density at radius 3 is 2.77 bits per heavy atom. The van der Waals surface area contributed by atoms with Crippen molar-refractivity contribution in [2.24, 2.45) is 0 Å². The summed E-state index contributed by atoms with van der Waals surface area (Å²) in [6.45, 7) is 0.366. The summed E-state index contributed by atoms with van der Waals surface area (Å²) < 4.78 is 0. The first-order valence-corrected chi connectivity index (χ1v) is 6.88. The van der Waals surface area contributed by atoms with E-state index in [4.69, 9.17) is 0 Å². The van der Waals surface area contributed by atoms with Crippen molar-refractivity contribution >= 4 is 22.5 Å². The Labute approximate surface area is 127 Å². The smallest absolute Gasteiger partial charge is 0.319 e. The predicted octanol–water partition coefficient (Wildman–Crippen LogP) is 3.26. The molecule has 2 amide bonds. The third kappa shape index (κ3) is 2.98. The van der Waals surface area contributed by atoms with E-state index in [1.165, 1.54) is 0 Å². The van der Waals surface area contributed by atoms with Gasteiger partial charge in [0.1, 0.15) is 5.75 Å². The molecule has 0 spiro atoms. The van der Waals surface area contributed by atoms with Crippen molar-refractivity contribution in [1.82, 2.24) is 10.3 Å². The molecule has 5 heteroatoms. The number of aromatic nitrogens is 1. The van der Waals surface area contributed by atoms with Gasteiger partial charge < -0.3 is 15.7 Å². The number of hydrogen-bond acceptors (Lipinski definition) is 3. The summed E-state index contributed by atoms with van der Waals surface area (Å²) in [6, 6.07) is 14.2. The zero-order valence-corrected chi connectivity index (χ0v) is 11.8. The zero-order chi connectivity index (χ0) is 15.4. The Morgan fingerprint density at radius 2 is 1.95 bits per heavy atom. The fourth-order valence-electron chi connectivity index (χ4n) is 2.23. The molecule has 0 bridgehead atoms. The lowest BCUT2D eigenvalue weighted by molar-refractivity contribution is 0.251. The van der Waals surface area contributed by atoms with Crippen molar-refractivity contribution < 1.29 is 9.90 Å². The van der Waals surface area contributed by atoms with Crippen molar-refractivity contribution in [2.75, 3.05) is 5.32 Å². The Bertz CT molecular complexity index is 803. The van der Waals surface area contributed by atoms with E-state index in [1.807, 2.05) is 42.5 Å². The largest absolute Gasteiger partial charge is 0.506 e. The molecule has 0 fully saturated rings. The number of hydrogen-bond donors (Lipinski definition) is 3. The zero-order valence-electron chi connectivity index (χ0n) is 11.8. The summed E-state index contributed by atoms with van der Waals surface area (Å²) in [6.07, 6.45) is 3.37. The maximum Gasteiger partial charge on any atom is 0.319 e. The van der Waals surface area contributed by atoms with Crippen LogP contribution in [-0.2, 0) is 6.54 Å². The lowest BCUT2D eigenvalue weighted by Gasteiger charge is -2.11. The van der Waals surface area contributed by atoms with Gasteiger partial charge in [0.15, 0.2) is 0 Å². The van der Waals surface area contributed by atoms with Crippen molar-refractivity contribution in [3.63, 3.8) is 0 Å². The standard InChI is InChI=1S/C17H15N3O2/c21-15-8-7-13-5-1-2-6-14(13)16(15)20-17(22)19-11-12-4-3-9-18-10-12/h1-10,21H,11H2,(H2,19,20,22). The first kappa shape index (κ1) is 13.9. The van der Waals surface area contributed by atoms with Crippen LogP contribution in [0.25, 0.3) is 10.8 Å². The number of nitrogens with one attached hydrogen (secondary N) is 2. The lowest BCUT2D eigenvalue weighted by atomic mass is 10.1. The van der Waals surface area contributed by atoms with E-state index < -0.39 is 0 Å². The molecule has 3 rings (SSSR count). The van der Waals surface area contributed by atoms with Crippen LogP contribution in [0.4, 0.5) is 10.5 Å². The highest BCUT2D eigenvalue weighted by Crippen LogP contribution is 2.32. The van der Waals surface area contributed by atoms with Gasteiger partial charge in [-0.25, -0.2) is 4.79 Å². The number of carbonyl (C=O) groups is 1. The molecule has 0 aliphatic carbocycles. The molecule has 0 unspecified atom stereocenters. The van der Waals surface area contributed by atoms with Gasteiger partial charge in [0, 0.05) is 24.3 Å². The molecule has 3 N–H and O–H groups in total. The molecule has 0 aliphatic heterocycles.